The molecule has 0 radical (unpaired) electrons. The fourth-order valence-corrected chi connectivity index (χ4v) is 3.76. The molecule has 0 fully saturated rings. The summed E-state index contributed by atoms with van der Waals surface area (Å²) in [5, 5.41) is 0.705. The Hall–Kier alpha value is -3.67. The number of Topliss-reactive ketones (excluding diaryl/α,β-unsaturated/α-hetero) is 1. The molecule has 2 aromatic carbocycles. The highest BCUT2D eigenvalue weighted by Crippen LogP contribution is 2.41. The van der Waals surface area contributed by atoms with E-state index in [9.17, 15) is 9.18 Å². The fraction of sp³-hybridized carbons (Fsp3) is 0.130. The average Bonchev–Trinajstić information content (AvgIpc) is 3.05. The van der Waals surface area contributed by atoms with Gasteiger partial charge in [-0.3, -0.25) is 9.78 Å². The number of fused-ring (bicyclic) bond motifs is 2. The summed E-state index contributed by atoms with van der Waals surface area (Å²) in [5.74, 6) is 0.425. The molecule has 2 heterocycles. The van der Waals surface area contributed by atoms with Crippen molar-refractivity contribution >= 4 is 16.7 Å². The van der Waals surface area contributed by atoms with Crippen molar-refractivity contribution in [1.82, 2.24) is 15.0 Å². The molecule has 29 heavy (non-hydrogen) atoms. The zero-order valence-corrected chi connectivity index (χ0v) is 15.6. The molecule has 6 heteroatoms. The molecular weight excluding hydrogens is 369 g/mol. The van der Waals surface area contributed by atoms with E-state index in [1.807, 2.05) is 37.3 Å². The first-order chi connectivity index (χ1) is 14.1. The standard InChI is InChI=1S/C23H16FN3O2/c1-13-11-18(28)21-19(9-8-16(24)20(13)21)29-23-15-6-2-3-7-17(15)26-22(27-23)14-5-4-10-25-12-14/h2-10,12-13H,11H2,1H3/t13-/m0/s1. The fourth-order valence-electron chi connectivity index (χ4n) is 3.76. The molecule has 5 rings (SSSR count). The molecule has 0 amide bonds. The molecule has 1 aliphatic carbocycles. The van der Waals surface area contributed by atoms with Crippen molar-refractivity contribution in [2.75, 3.05) is 0 Å². The van der Waals surface area contributed by atoms with Gasteiger partial charge in [0.25, 0.3) is 0 Å². The zero-order valence-electron chi connectivity index (χ0n) is 15.6. The Bertz CT molecular complexity index is 1260. The molecule has 0 N–H and O–H groups in total. The minimum atomic E-state index is -0.380. The van der Waals surface area contributed by atoms with E-state index >= 15 is 0 Å². The van der Waals surface area contributed by atoms with Crippen molar-refractivity contribution in [3.63, 3.8) is 0 Å². The average molecular weight is 385 g/mol. The molecule has 0 saturated carbocycles. The minimum Gasteiger partial charge on any atom is -0.437 e. The van der Waals surface area contributed by atoms with Gasteiger partial charge < -0.3 is 4.74 Å². The number of aromatic nitrogens is 3. The quantitative estimate of drug-likeness (QED) is 0.478. The second-order valence-corrected chi connectivity index (χ2v) is 7.08. The van der Waals surface area contributed by atoms with Gasteiger partial charge in [0.1, 0.15) is 11.6 Å². The van der Waals surface area contributed by atoms with Crippen molar-refractivity contribution in [2.45, 2.75) is 19.3 Å². The van der Waals surface area contributed by atoms with E-state index < -0.39 is 0 Å². The third-order valence-electron chi connectivity index (χ3n) is 5.11. The van der Waals surface area contributed by atoms with Crippen LogP contribution in [-0.4, -0.2) is 20.7 Å². The molecule has 0 spiro atoms. The van der Waals surface area contributed by atoms with Gasteiger partial charge >= 0.3 is 0 Å². The van der Waals surface area contributed by atoms with Gasteiger partial charge in [-0.15, -0.1) is 0 Å². The van der Waals surface area contributed by atoms with Crippen molar-refractivity contribution in [2.24, 2.45) is 0 Å². The molecule has 0 aliphatic heterocycles. The maximum atomic E-state index is 14.3. The number of rotatable bonds is 3. The Kier molecular flexibility index (Phi) is 4.05. The summed E-state index contributed by atoms with van der Waals surface area (Å²) in [4.78, 5) is 25.8. The van der Waals surface area contributed by atoms with Crippen LogP contribution in [0.5, 0.6) is 11.6 Å². The highest BCUT2D eigenvalue weighted by atomic mass is 19.1. The molecule has 0 unspecified atom stereocenters. The lowest BCUT2D eigenvalue weighted by molar-refractivity contribution is 0.0988. The second-order valence-electron chi connectivity index (χ2n) is 7.08. The van der Waals surface area contributed by atoms with Crippen molar-refractivity contribution < 1.29 is 13.9 Å². The van der Waals surface area contributed by atoms with E-state index in [1.165, 1.54) is 12.1 Å². The lowest BCUT2D eigenvalue weighted by Gasteiger charge is -2.13. The smallest absolute Gasteiger partial charge is 0.230 e. The van der Waals surface area contributed by atoms with Crippen LogP contribution in [-0.2, 0) is 0 Å². The normalized spacial score (nSPS) is 15.5. The topological polar surface area (TPSA) is 65.0 Å². The first-order valence-corrected chi connectivity index (χ1v) is 9.32. The summed E-state index contributed by atoms with van der Waals surface area (Å²) in [6.45, 7) is 1.84. The number of benzene rings is 2. The number of nitrogens with zero attached hydrogens (tertiary/aromatic N) is 3. The van der Waals surface area contributed by atoms with Crippen LogP contribution >= 0.6 is 0 Å². The Morgan fingerprint density at radius 3 is 2.76 bits per heavy atom. The van der Waals surface area contributed by atoms with Crippen molar-refractivity contribution in [3.05, 3.63) is 77.9 Å². The maximum Gasteiger partial charge on any atom is 0.230 e. The number of ketones is 1. The lowest BCUT2D eigenvalue weighted by atomic mass is 10.0. The van der Waals surface area contributed by atoms with E-state index in [-0.39, 0.29) is 23.9 Å². The van der Waals surface area contributed by atoms with Gasteiger partial charge in [-0.25, -0.2) is 9.37 Å². The second kappa shape index (κ2) is 6.74. The predicted octanol–water partition coefficient (Wildman–Crippen LogP) is 5.31. The van der Waals surface area contributed by atoms with Crippen LogP contribution in [0.3, 0.4) is 0 Å². The molecule has 0 bridgehead atoms. The molecule has 4 aromatic rings. The summed E-state index contributed by atoms with van der Waals surface area (Å²) in [7, 11) is 0. The first kappa shape index (κ1) is 17.4. The third-order valence-corrected chi connectivity index (χ3v) is 5.11. The number of para-hydroxylation sites is 1. The lowest BCUT2D eigenvalue weighted by Crippen LogP contribution is -2.01. The van der Waals surface area contributed by atoms with Crippen LogP contribution in [0.25, 0.3) is 22.3 Å². The molecule has 1 atom stereocenters. The monoisotopic (exact) mass is 385 g/mol. The highest BCUT2D eigenvalue weighted by molar-refractivity contribution is 6.04. The number of ether oxygens (including phenoxy) is 1. The van der Waals surface area contributed by atoms with E-state index in [0.717, 1.165) is 5.56 Å². The summed E-state index contributed by atoms with van der Waals surface area (Å²) in [5.41, 5.74) is 2.17. The molecule has 142 valence electrons. The molecule has 2 aromatic heterocycles. The number of carbonyl (C=O) groups excluding carboxylic acids is 1. The Morgan fingerprint density at radius 1 is 1.07 bits per heavy atom. The van der Waals surface area contributed by atoms with E-state index in [4.69, 9.17) is 4.74 Å². The largest absolute Gasteiger partial charge is 0.437 e. The van der Waals surface area contributed by atoms with Crippen molar-refractivity contribution in [1.29, 1.82) is 0 Å². The molecular formula is C23H16FN3O2. The zero-order chi connectivity index (χ0) is 20.0. The van der Waals surface area contributed by atoms with Gasteiger partial charge in [-0.1, -0.05) is 19.1 Å². The highest BCUT2D eigenvalue weighted by Gasteiger charge is 2.33. The summed E-state index contributed by atoms with van der Waals surface area (Å²) in [6.07, 6.45) is 3.63. The number of carbonyl (C=O) groups is 1. The SMILES string of the molecule is C[C@H]1CC(=O)c2c(Oc3nc(-c4cccnc4)nc4ccccc34)ccc(F)c21. The van der Waals surface area contributed by atoms with Crippen LogP contribution in [0.2, 0.25) is 0 Å². The Balaban J connectivity index is 1.68. The van der Waals surface area contributed by atoms with E-state index in [0.29, 0.717) is 39.5 Å². The first-order valence-electron chi connectivity index (χ1n) is 9.32. The van der Waals surface area contributed by atoms with E-state index in [1.54, 1.807) is 18.5 Å². The summed E-state index contributed by atoms with van der Waals surface area (Å²) >= 11 is 0. The molecule has 5 nitrogen and oxygen atoms in total. The minimum absolute atomic E-state index is 0.118. The number of hydrogen-bond donors (Lipinski definition) is 0. The Morgan fingerprint density at radius 2 is 1.93 bits per heavy atom. The molecule has 0 saturated heterocycles. The number of halogens is 1. The number of pyridine rings is 1. The van der Waals surface area contributed by atoms with Gasteiger partial charge in [0.2, 0.25) is 5.88 Å². The summed E-state index contributed by atoms with van der Waals surface area (Å²) < 4.78 is 20.4. The number of hydrogen-bond acceptors (Lipinski definition) is 5. The van der Waals surface area contributed by atoms with Crippen LogP contribution in [0.4, 0.5) is 4.39 Å². The van der Waals surface area contributed by atoms with Crippen LogP contribution in [0.15, 0.2) is 60.9 Å². The maximum absolute atomic E-state index is 14.3. The van der Waals surface area contributed by atoms with Gasteiger partial charge in [0.05, 0.1) is 16.5 Å². The predicted molar refractivity (Wildman–Crippen MR) is 107 cm³/mol. The van der Waals surface area contributed by atoms with Crippen molar-refractivity contribution in [3.8, 4) is 23.0 Å². The summed E-state index contributed by atoms with van der Waals surface area (Å²) in [6, 6.07) is 14.0. The van der Waals surface area contributed by atoms with E-state index in [2.05, 4.69) is 15.0 Å². The Labute approximate surface area is 166 Å². The third kappa shape index (κ3) is 2.93. The van der Waals surface area contributed by atoms with Crippen LogP contribution in [0.1, 0.15) is 35.2 Å². The van der Waals surface area contributed by atoms with Gasteiger partial charge in [-0.2, -0.15) is 4.98 Å². The molecule has 1 aliphatic rings. The van der Waals surface area contributed by atoms with Crippen LogP contribution in [0, 0.1) is 5.82 Å². The van der Waals surface area contributed by atoms with Gasteiger partial charge in [0.15, 0.2) is 11.6 Å². The van der Waals surface area contributed by atoms with Gasteiger partial charge in [-0.05, 0) is 42.3 Å². The van der Waals surface area contributed by atoms with Crippen LogP contribution < -0.4 is 4.74 Å². The van der Waals surface area contributed by atoms with Gasteiger partial charge in [0, 0.05) is 29.9 Å².